The zero-order valence-electron chi connectivity index (χ0n) is 15.5. The highest BCUT2D eigenvalue weighted by molar-refractivity contribution is 6.34. The van der Waals surface area contributed by atoms with Gasteiger partial charge < -0.3 is 9.47 Å². The SMILES string of the molecule is COC(=O)c1cc(-c2ccc(CN3CCOCC3)cc2)cc2c(Cl)ncnc12. The molecule has 0 bridgehead atoms. The predicted octanol–water partition coefficient (Wildman–Crippen LogP) is 3.57. The minimum absolute atomic E-state index is 0.306. The third-order valence-electron chi connectivity index (χ3n) is 4.89. The molecule has 6 nitrogen and oxygen atoms in total. The first-order valence-electron chi connectivity index (χ1n) is 9.07. The Hall–Kier alpha value is -2.54. The number of carbonyl (C=O) groups is 1. The Bertz CT molecular complexity index is 1000. The first-order valence-corrected chi connectivity index (χ1v) is 9.45. The predicted molar refractivity (Wildman–Crippen MR) is 107 cm³/mol. The molecule has 1 aliphatic heterocycles. The molecule has 4 rings (SSSR count). The van der Waals surface area contributed by atoms with Crippen molar-refractivity contribution >= 4 is 28.5 Å². The van der Waals surface area contributed by atoms with Crippen LogP contribution in [0, 0.1) is 0 Å². The molecule has 2 aromatic carbocycles. The molecule has 0 saturated carbocycles. The smallest absolute Gasteiger partial charge is 0.340 e. The van der Waals surface area contributed by atoms with Crippen LogP contribution >= 0.6 is 11.6 Å². The molecule has 1 aromatic heterocycles. The summed E-state index contributed by atoms with van der Waals surface area (Å²) in [6.07, 6.45) is 1.34. The van der Waals surface area contributed by atoms with Gasteiger partial charge >= 0.3 is 5.97 Å². The molecule has 0 radical (unpaired) electrons. The fourth-order valence-electron chi connectivity index (χ4n) is 3.39. The van der Waals surface area contributed by atoms with E-state index in [9.17, 15) is 4.79 Å². The van der Waals surface area contributed by atoms with Gasteiger partial charge in [0, 0.05) is 25.0 Å². The number of fused-ring (bicyclic) bond motifs is 1. The summed E-state index contributed by atoms with van der Waals surface area (Å²) in [5.41, 5.74) is 3.94. The van der Waals surface area contributed by atoms with Crippen LogP contribution in [0.4, 0.5) is 0 Å². The third kappa shape index (κ3) is 3.85. The van der Waals surface area contributed by atoms with E-state index in [2.05, 4.69) is 39.1 Å². The summed E-state index contributed by atoms with van der Waals surface area (Å²) >= 11 is 6.25. The Morgan fingerprint density at radius 1 is 1.14 bits per heavy atom. The Morgan fingerprint density at radius 2 is 1.89 bits per heavy atom. The zero-order valence-corrected chi connectivity index (χ0v) is 16.3. The number of morpholine rings is 1. The minimum atomic E-state index is -0.453. The van der Waals surface area contributed by atoms with E-state index >= 15 is 0 Å². The van der Waals surface area contributed by atoms with Gasteiger partial charge in [-0.15, -0.1) is 0 Å². The normalized spacial score (nSPS) is 14.9. The van der Waals surface area contributed by atoms with Gasteiger partial charge in [0.1, 0.15) is 11.5 Å². The number of carbonyl (C=O) groups excluding carboxylic acids is 1. The molecule has 3 aromatic rings. The molecule has 0 spiro atoms. The maximum absolute atomic E-state index is 12.3. The molecular weight excluding hydrogens is 378 g/mol. The maximum Gasteiger partial charge on any atom is 0.340 e. The van der Waals surface area contributed by atoms with E-state index in [0.717, 1.165) is 44.0 Å². The van der Waals surface area contributed by atoms with Crippen LogP contribution in [0.3, 0.4) is 0 Å². The van der Waals surface area contributed by atoms with Gasteiger partial charge in [0.25, 0.3) is 0 Å². The molecule has 144 valence electrons. The van der Waals surface area contributed by atoms with Gasteiger partial charge in [0.05, 0.1) is 31.4 Å². The van der Waals surface area contributed by atoms with Crippen LogP contribution in [0.25, 0.3) is 22.0 Å². The highest BCUT2D eigenvalue weighted by atomic mass is 35.5. The van der Waals surface area contributed by atoms with Gasteiger partial charge in [0.2, 0.25) is 0 Å². The summed E-state index contributed by atoms with van der Waals surface area (Å²) in [7, 11) is 1.35. The standard InChI is InChI=1S/C21H20ClN3O3/c1-27-21(26)18-11-16(10-17-19(18)23-13-24-20(17)22)15-4-2-14(3-5-15)12-25-6-8-28-9-7-25/h2-5,10-11,13H,6-9,12H2,1H3. The lowest BCUT2D eigenvalue weighted by molar-refractivity contribution is 0.0342. The molecule has 1 aliphatic rings. The average Bonchev–Trinajstić information content (AvgIpc) is 2.74. The molecule has 1 fully saturated rings. The number of hydrogen-bond donors (Lipinski definition) is 0. The first-order chi connectivity index (χ1) is 13.7. The number of benzene rings is 2. The fourth-order valence-corrected chi connectivity index (χ4v) is 3.58. The number of esters is 1. The van der Waals surface area contributed by atoms with Crippen molar-refractivity contribution in [3.8, 4) is 11.1 Å². The van der Waals surface area contributed by atoms with E-state index < -0.39 is 5.97 Å². The third-order valence-corrected chi connectivity index (χ3v) is 5.19. The molecule has 0 unspecified atom stereocenters. The highest BCUT2D eigenvalue weighted by Crippen LogP contribution is 2.30. The molecule has 28 heavy (non-hydrogen) atoms. The van der Waals surface area contributed by atoms with Crippen LogP contribution in [0.2, 0.25) is 5.15 Å². The van der Waals surface area contributed by atoms with Crippen molar-refractivity contribution in [3.05, 3.63) is 59.0 Å². The highest BCUT2D eigenvalue weighted by Gasteiger charge is 2.17. The number of hydrogen-bond acceptors (Lipinski definition) is 6. The molecule has 0 atom stereocenters. The van der Waals surface area contributed by atoms with Gasteiger partial charge in [0.15, 0.2) is 0 Å². The van der Waals surface area contributed by atoms with E-state index in [-0.39, 0.29) is 0 Å². The van der Waals surface area contributed by atoms with Crippen molar-refractivity contribution in [2.24, 2.45) is 0 Å². The maximum atomic E-state index is 12.3. The molecular formula is C21H20ClN3O3. The number of rotatable bonds is 4. The Morgan fingerprint density at radius 3 is 2.61 bits per heavy atom. The van der Waals surface area contributed by atoms with E-state index in [1.165, 1.54) is 19.0 Å². The zero-order chi connectivity index (χ0) is 19.5. The van der Waals surface area contributed by atoms with Crippen LogP contribution in [0.5, 0.6) is 0 Å². The number of aromatic nitrogens is 2. The minimum Gasteiger partial charge on any atom is -0.465 e. The average molecular weight is 398 g/mol. The lowest BCUT2D eigenvalue weighted by Gasteiger charge is -2.26. The molecule has 2 heterocycles. The summed E-state index contributed by atoms with van der Waals surface area (Å²) in [6, 6.07) is 12.0. The van der Waals surface area contributed by atoms with Crippen molar-refractivity contribution < 1.29 is 14.3 Å². The van der Waals surface area contributed by atoms with Gasteiger partial charge in [-0.3, -0.25) is 4.90 Å². The molecule has 7 heteroatoms. The Kier molecular flexibility index (Phi) is 5.52. The topological polar surface area (TPSA) is 64.5 Å². The van der Waals surface area contributed by atoms with Crippen LogP contribution < -0.4 is 0 Å². The first kappa shape index (κ1) is 18.8. The summed E-state index contributed by atoms with van der Waals surface area (Å²) in [6.45, 7) is 4.37. The lowest BCUT2D eigenvalue weighted by Crippen LogP contribution is -2.35. The Balaban J connectivity index is 1.68. The van der Waals surface area contributed by atoms with E-state index in [0.29, 0.717) is 21.6 Å². The summed E-state index contributed by atoms with van der Waals surface area (Å²) in [5, 5.41) is 0.931. The largest absolute Gasteiger partial charge is 0.465 e. The second-order valence-corrected chi connectivity index (χ2v) is 7.02. The van der Waals surface area contributed by atoms with Crippen LogP contribution in [-0.2, 0) is 16.0 Å². The van der Waals surface area contributed by atoms with Crippen molar-refractivity contribution in [2.75, 3.05) is 33.4 Å². The van der Waals surface area contributed by atoms with Crippen molar-refractivity contribution in [1.82, 2.24) is 14.9 Å². The summed E-state index contributed by atoms with van der Waals surface area (Å²) < 4.78 is 10.3. The fraction of sp³-hybridized carbons (Fsp3) is 0.286. The van der Waals surface area contributed by atoms with Gasteiger partial charge in [-0.2, -0.15) is 0 Å². The monoisotopic (exact) mass is 397 g/mol. The van der Waals surface area contributed by atoms with Crippen LogP contribution in [-0.4, -0.2) is 54.3 Å². The quantitative estimate of drug-likeness (QED) is 0.495. The number of nitrogens with zero attached hydrogens (tertiary/aromatic N) is 3. The summed E-state index contributed by atoms with van der Waals surface area (Å²) in [5.74, 6) is -0.453. The van der Waals surface area contributed by atoms with Gasteiger partial charge in [-0.05, 0) is 28.8 Å². The van der Waals surface area contributed by atoms with Crippen LogP contribution in [0.1, 0.15) is 15.9 Å². The van der Waals surface area contributed by atoms with E-state index in [1.54, 1.807) is 6.07 Å². The Labute approximate surface area is 168 Å². The van der Waals surface area contributed by atoms with E-state index in [4.69, 9.17) is 21.1 Å². The summed E-state index contributed by atoms with van der Waals surface area (Å²) in [4.78, 5) is 22.9. The molecule has 1 saturated heterocycles. The van der Waals surface area contributed by atoms with E-state index in [1.807, 2.05) is 6.07 Å². The number of halogens is 1. The number of methoxy groups -OCH3 is 1. The van der Waals surface area contributed by atoms with Crippen molar-refractivity contribution in [3.63, 3.8) is 0 Å². The van der Waals surface area contributed by atoms with Crippen LogP contribution in [0.15, 0.2) is 42.7 Å². The second kappa shape index (κ2) is 8.22. The molecule has 0 amide bonds. The lowest BCUT2D eigenvalue weighted by atomic mass is 9.99. The van der Waals surface area contributed by atoms with Crippen molar-refractivity contribution in [1.29, 1.82) is 0 Å². The van der Waals surface area contributed by atoms with Gasteiger partial charge in [-0.1, -0.05) is 35.9 Å². The second-order valence-electron chi connectivity index (χ2n) is 6.66. The van der Waals surface area contributed by atoms with Gasteiger partial charge in [-0.25, -0.2) is 14.8 Å². The molecule has 0 N–H and O–H groups in total. The number of ether oxygens (including phenoxy) is 2. The molecule has 0 aliphatic carbocycles. The van der Waals surface area contributed by atoms with Crippen molar-refractivity contribution in [2.45, 2.75) is 6.54 Å².